The lowest BCUT2D eigenvalue weighted by Crippen LogP contribution is -2.32. The fraction of sp³-hybridized carbons (Fsp3) is 0.562. The van der Waals surface area contributed by atoms with Crippen molar-refractivity contribution in [3.63, 3.8) is 0 Å². The summed E-state index contributed by atoms with van der Waals surface area (Å²) in [6.45, 7) is 8.29. The predicted molar refractivity (Wildman–Crippen MR) is 80.0 cm³/mol. The standard InChI is InChI=1S/C16H25NO3/c1-4-6-13(3)17(5-2)11-14-7-9-15(10-8-14)20-12-16(18)19/h7-10,13H,4-6,11-12H2,1-3H3,(H,18,19). The Hall–Kier alpha value is -1.55. The summed E-state index contributed by atoms with van der Waals surface area (Å²) >= 11 is 0. The SMILES string of the molecule is CCCC(C)N(CC)Cc1ccc(OCC(=O)O)cc1. The van der Waals surface area contributed by atoms with Crippen molar-refractivity contribution in [2.24, 2.45) is 0 Å². The van der Waals surface area contributed by atoms with Gasteiger partial charge in [0.25, 0.3) is 0 Å². The van der Waals surface area contributed by atoms with Gasteiger partial charge in [0, 0.05) is 12.6 Å². The molecule has 1 unspecified atom stereocenters. The second-order valence-electron chi connectivity index (χ2n) is 5.03. The summed E-state index contributed by atoms with van der Waals surface area (Å²) < 4.78 is 5.13. The number of hydrogen-bond donors (Lipinski definition) is 1. The number of aliphatic carboxylic acids is 1. The molecule has 1 N–H and O–H groups in total. The number of benzene rings is 1. The van der Waals surface area contributed by atoms with Crippen molar-refractivity contribution in [1.29, 1.82) is 0 Å². The van der Waals surface area contributed by atoms with Gasteiger partial charge in [-0.05, 0) is 37.6 Å². The Labute approximate surface area is 121 Å². The van der Waals surface area contributed by atoms with Crippen LogP contribution >= 0.6 is 0 Å². The van der Waals surface area contributed by atoms with E-state index in [1.165, 1.54) is 18.4 Å². The Morgan fingerprint density at radius 1 is 1.30 bits per heavy atom. The third-order valence-electron chi connectivity index (χ3n) is 3.41. The molecule has 0 spiro atoms. The van der Waals surface area contributed by atoms with Gasteiger partial charge >= 0.3 is 5.97 Å². The normalized spacial score (nSPS) is 12.4. The number of nitrogens with zero attached hydrogens (tertiary/aromatic N) is 1. The van der Waals surface area contributed by atoms with Crippen LogP contribution in [0.2, 0.25) is 0 Å². The molecular formula is C16H25NO3. The molecule has 20 heavy (non-hydrogen) atoms. The van der Waals surface area contributed by atoms with Crippen molar-refractivity contribution in [2.75, 3.05) is 13.2 Å². The van der Waals surface area contributed by atoms with Gasteiger partial charge in [-0.2, -0.15) is 0 Å². The summed E-state index contributed by atoms with van der Waals surface area (Å²) in [6.07, 6.45) is 2.40. The maximum absolute atomic E-state index is 10.4. The lowest BCUT2D eigenvalue weighted by atomic mass is 10.1. The molecule has 0 aliphatic heterocycles. The molecule has 112 valence electrons. The van der Waals surface area contributed by atoms with Crippen molar-refractivity contribution in [3.8, 4) is 5.75 Å². The summed E-state index contributed by atoms with van der Waals surface area (Å²) in [4.78, 5) is 12.9. The molecule has 0 aliphatic rings. The van der Waals surface area contributed by atoms with Gasteiger partial charge in [0.05, 0.1) is 0 Å². The highest BCUT2D eigenvalue weighted by Gasteiger charge is 2.11. The van der Waals surface area contributed by atoms with Crippen LogP contribution in [0.3, 0.4) is 0 Å². The minimum Gasteiger partial charge on any atom is -0.482 e. The molecular weight excluding hydrogens is 254 g/mol. The topological polar surface area (TPSA) is 49.8 Å². The number of hydrogen-bond acceptors (Lipinski definition) is 3. The minimum absolute atomic E-state index is 0.298. The Kier molecular flexibility index (Phi) is 7.09. The summed E-state index contributed by atoms with van der Waals surface area (Å²) in [7, 11) is 0. The van der Waals surface area contributed by atoms with Crippen LogP contribution in [0.4, 0.5) is 0 Å². The van der Waals surface area contributed by atoms with Crippen LogP contribution in [-0.2, 0) is 11.3 Å². The largest absolute Gasteiger partial charge is 0.482 e. The lowest BCUT2D eigenvalue weighted by molar-refractivity contribution is -0.139. The van der Waals surface area contributed by atoms with Crippen LogP contribution in [0.15, 0.2) is 24.3 Å². The number of rotatable bonds is 9. The second kappa shape index (κ2) is 8.59. The zero-order valence-corrected chi connectivity index (χ0v) is 12.6. The van der Waals surface area contributed by atoms with E-state index in [1.807, 2.05) is 24.3 Å². The molecule has 0 radical (unpaired) electrons. The summed E-state index contributed by atoms with van der Waals surface area (Å²) in [5, 5.41) is 8.56. The fourth-order valence-electron chi connectivity index (χ4n) is 2.25. The number of carboxylic acid groups (broad SMARTS) is 1. The van der Waals surface area contributed by atoms with Gasteiger partial charge in [-0.25, -0.2) is 4.79 Å². The average molecular weight is 279 g/mol. The van der Waals surface area contributed by atoms with Gasteiger partial charge in [0.2, 0.25) is 0 Å². The van der Waals surface area contributed by atoms with Crippen molar-refractivity contribution in [1.82, 2.24) is 4.90 Å². The highest BCUT2D eigenvalue weighted by molar-refractivity contribution is 5.68. The Morgan fingerprint density at radius 2 is 1.95 bits per heavy atom. The van der Waals surface area contributed by atoms with Gasteiger partial charge in [0.1, 0.15) is 5.75 Å². The summed E-state index contributed by atoms with van der Waals surface area (Å²) in [5.74, 6) is -0.361. The van der Waals surface area contributed by atoms with Crippen molar-refractivity contribution >= 4 is 5.97 Å². The van der Waals surface area contributed by atoms with Crippen LogP contribution in [0.25, 0.3) is 0 Å². The summed E-state index contributed by atoms with van der Waals surface area (Å²) in [6, 6.07) is 8.23. The van der Waals surface area contributed by atoms with Crippen LogP contribution in [0, 0.1) is 0 Å². The van der Waals surface area contributed by atoms with Gasteiger partial charge in [0.15, 0.2) is 6.61 Å². The Morgan fingerprint density at radius 3 is 2.45 bits per heavy atom. The molecule has 0 bridgehead atoms. The molecule has 4 nitrogen and oxygen atoms in total. The highest BCUT2D eigenvalue weighted by atomic mass is 16.5. The molecule has 4 heteroatoms. The Balaban J connectivity index is 2.56. The van der Waals surface area contributed by atoms with Gasteiger partial charge in [-0.15, -0.1) is 0 Å². The average Bonchev–Trinajstić information content (AvgIpc) is 2.44. The van der Waals surface area contributed by atoms with E-state index in [1.54, 1.807) is 0 Å². The van der Waals surface area contributed by atoms with Gasteiger partial charge < -0.3 is 9.84 Å². The predicted octanol–water partition coefficient (Wildman–Crippen LogP) is 3.16. The zero-order chi connectivity index (χ0) is 15.0. The van der Waals surface area contributed by atoms with E-state index in [4.69, 9.17) is 9.84 Å². The van der Waals surface area contributed by atoms with E-state index in [0.717, 1.165) is 13.1 Å². The summed E-state index contributed by atoms with van der Waals surface area (Å²) in [5.41, 5.74) is 1.22. The third kappa shape index (κ3) is 5.61. The van der Waals surface area contributed by atoms with Gasteiger partial charge in [-0.3, -0.25) is 4.90 Å². The molecule has 0 saturated carbocycles. The molecule has 0 saturated heterocycles. The maximum Gasteiger partial charge on any atom is 0.341 e. The van der Waals surface area contributed by atoms with E-state index < -0.39 is 5.97 Å². The van der Waals surface area contributed by atoms with E-state index in [2.05, 4.69) is 25.7 Å². The first-order valence-corrected chi connectivity index (χ1v) is 7.24. The molecule has 0 aliphatic carbocycles. The number of ether oxygens (including phenoxy) is 1. The smallest absolute Gasteiger partial charge is 0.341 e. The molecule has 0 aromatic heterocycles. The monoisotopic (exact) mass is 279 g/mol. The van der Waals surface area contributed by atoms with Crippen LogP contribution in [0.5, 0.6) is 5.75 Å². The van der Waals surface area contributed by atoms with Crippen LogP contribution in [-0.4, -0.2) is 35.2 Å². The molecule has 1 aromatic carbocycles. The van der Waals surface area contributed by atoms with E-state index >= 15 is 0 Å². The minimum atomic E-state index is -0.959. The quantitative estimate of drug-likeness (QED) is 0.754. The number of carboxylic acids is 1. The lowest BCUT2D eigenvalue weighted by Gasteiger charge is -2.27. The van der Waals surface area contributed by atoms with E-state index in [9.17, 15) is 4.79 Å². The van der Waals surface area contributed by atoms with Crippen LogP contribution in [0.1, 0.15) is 39.2 Å². The van der Waals surface area contributed by atoms with E-state index in [0.29, 0.717) is 11.8 Å². The second-order valence-corrected chi connectivity index (χ2v) is 5.03. The molecule has 1 rings (SSSR count). The highest BCUT2D eigenvalue weighted by Crippen LogP contribution is 2.16. The Bertz CT molecular complexity index is 403. The molecule has 1 atom stereocenters. The van der Waals surface area contributed by atoms with Crippen LogP contribution < -0.4 is 4.74 Å². The van der Waals surface area contributed by atoms with E-state index in [-0.39, 0.29) is 6.61 Å². The van der Waals surface area contributed by atoms with Gasteiger partial charge in [-0.1, -0.05) is 32.4 Å². The number of carbonyl (C=O) groups is 1. The van der Waals surface area contributed by atoms with Crippen molar-refractivity contribution in [3.05, 3.63) is 29.8 Å². The molecule has 1 aromatic rings. The van der Waals surface area contributed by atoms with Crippen molar-refractivity contribution in [2.45, 2.75) is 46.2 Å². The maximum atomic E-state index is 10.4. The zero-order valence-electron chi connectivity index (χ0n) is 12.6. The third-order valence-corrected chi connectivity index (χ3v) is 3.41. The fourth-order valence-corrected chi connectivity index (χ4v) is 2.25. The van der Waals surface area contributed by atoms with Crippen molar-refractivity contribution < 1.29 is 14.6 Å². The molecule has 0 heterocycles. The first-order chi connectivity index (χ1) is 9.56. The first kappa shape index (κ1) is 16.5. The molecule has 0 amide bonds. The first-order valence-electron chi connectivity index (χ1n) is 7.24. The molecule has 0 fully saturated rings.